The van der Waals surface area contributed by atoms with Gasteiger partial charge in [-0.25, -0.2) is 4.79 Å². The van der Waals surface area contributed by atoms with Crippen LogP contribution in [0.25, 0.3) is 0 Å². The summed E-state index contributed by atoms with van der Waals surface area (Å²) in [5, 5.41) is 7.14. The number of carbonyl (C=O) groups excluding carboxylic acids is 1. The van der Waals surface area contributed by atoms with Crippen LogP contribution in [-0.4, -0.2) is 30.8 Å². The molecule has 0 aliphatic carbocycles. The maximum Gasteiger partial charge on any atom is 0.338 e. The van der Waals surface area contributed by atoms with Gasteiger partial charge in [0.1, 0.15) is 0 Å². The van der Waals surface area contributed by atoms with Crippen LogP contribution in [0.15, 0.2) is 42.5 Å². The van der Waals surface area contributed by atoms with Gasteiger partial charge in [-0.05, 0) is 93.2 Å². The first-order chi connectivity index (χ1) is 14.9. The molecule has 1 heterocycles. The van der Waals surface area contributed by atoms with Crippen molar-refractivity contribution in [3.05, 3.63) is 59.2 Å². The molecule has 1 fully saturated rings. The van der Waals surface area contributed by atoms with Gasteiger partial charge < -0.3 is 20.3 Å². The Labute approximate surface area is 191 Å². The summed E-state index contributed by atoms with van der Waals surface area (Å²) < 4.78 is 5.06. The topological polar surface area (TPSA) is 53.6 Å². The highest BCUT2D eigenvalue weighted by atomic mass is 32.1. The number of carbonyl (C=O) groups is 1. The van der Waals surface area contributed by atoms with E-state index in [0.29, 0.717) is 17.3 Å². The molecule has 1 atom stereocenters. The number of anilines is 2. The SMILES string of the molecule is CCOC(=O)c1ccc(NC(=S)N[C@H](C)c2ccc(N3CCC(C)CC3)cc2)c(C)c1. The summed E-state index contributed by atoms with van der Waals surface area (Å²) in [4.78, 5) is 14.4. The van der Waals surface area contributed by atoms with Gasteiger partial charge in [0.25, 0.3) is 0 Å². The normalized spacial score (nSPS) is 15.3. The van der Waals surface area contributed by atoms with Crippen molar-refractivity contribution in [1.82, 2.24) is 5.32 Å². The Morgan fingerprint density at radius 1 is 1.19 bits per heavy atom. The fourth-order valence-electron chi connectivity index (χ4n) is 3.82. The lowest BCUT2D eigenvalue weighted by molar-refractivity contribution is 0.0526. The summed E-state index contributed by atoms with van der Waals surface area (Å²) in [7, 11) is 0. The van der Waals surface area contributed by atoms with Crippen molar-refractivity contribution in [3.63, 3.8) is 0 Å². The zero-order chi connectivity index (χ0) is 22.4. The number of hydrogen-bond acceptors (Lipinski definition) is 4. The van der Waals surface area contributed by atoms with Gasteiger partial charge in [-0.3, -0.25) is 0 Å². The van der Waals surface area contributed by atoms with Crippen LogP contribution in [0.5, 0.6) is 0 Å². The maximum atomic E-state index is 11.9. The average molecular weight is 440 g/mol. The third-order valence-corrected chi connectivity index (χ3v) is 6.10. The quantitative estimate of drug-likeness (QED) is 0.461. The van der Waals surface area contributed by atoms with Gasteiger partial charge in [0, 0.05) is 24.5 Å². The van der Waals surface area contributed by atoms with E-state index in [1.54, 1.807) is 13.0 Å². The highest BCUT2D eigenvalue weighted by Gasteiger charge is 2.16. The Bertz CT molecular complexity index is 905. The molecule has 5 nitrogen and oxygen atoms in total. The minimum atomic E-state index is -0.311. The van der Waals surface area contributed by atoms with Crippen molar-refractivity contribution in [3.8, 4) is 0 Å². The van der Waals surface area contributed by atoms with E-state index in [-0.39, 0.29) is 12.0 Å². The second-order valence-corrected chi connectivity index (χ2v) is 8.74. The smallest absolute Gasteiger partial charge is 0.338 e. The van der Waals surface area contributed by atoms with Crippen molar-refractivity contribution < 1.29 is 9.53 Å². The lowest BCUT2D eigenvalue weighted by atomic mass is 9.98. The Kier molecular flexibility index (Phi) is 7.91. The lowest BCUT2D eigenvalue weighted by Gasteiger charge is -2.32. The van der Waals surface area contributed by atoms with E-state index in [2.05, 4.69) is 53.6 Å². The first-order valence-electron chi connectivity index (χ1n) is 11.1. The largest absolute Gasteiger partial charge is 0.462 e. The number of ether oxygens (including phenoxy) is 1. The summed E-state index contributed by atoms with van der Waals surface area (Å²) in [6.07, 6.45) is 2.53. The number of nitrogens with one attached hydrogen (secondary N) is 2. The van der Waals surface area contributed by atoms with E-state index in [4.69, 9.17) is 17.0 Å². The fourth-order valence-corrected chi connectivity index (χ4v) is 4.11. The van der Waals surface area contributed by atoms with Gasteiger partial charge in [0.05, 0.1) is 18.2 Å². The number of benzene rings is 2. The molecule has 0 amide bonds. The fraction of sp³-hybridized carbons (Fsp3) is 0.440. The van der Waals surface area contributed by atoms with E-state index in [1.165, 1.54) is 24.1 Å². The number of nitrogens with zero attached hydrogens (tertiary/aromatic N) is 1. The van der Waals surface area contributed by atoms with Crippen molar-refractivity contribution in [2.24, 2.45) is 5.92 Å². The lowest BCUT2D eigenvalue weighted by Crippen LogP contribution is -2.33. The Morgan fingerprint density at radius 2 is 1.87 bits per heavy atom. The number of piperidine rings is 1. The van der Waals surface area contributed by atoms with Crippen LogP contribution in [0.4, 0.5) is 11.4 Å². The molecular weight excluding hydrogens is 406 g/mol. The van der Waals surface area contributed by atoms with Crippen molar-refractivity contribution in [2.75, 3.05) is 29.9 Å². The van der Waals surface area contributed by atoms with Crippen molar-refractivity contribution >= 4 is 34.7 Å². The van der Waals surface area contributed by atoms with Crippen molar-refractivity contribution in [1.29, 1.82) is 0 Å². The van der Waals surface area contributed by atoms with Crippen LogP contribution in [0.3, 0.4) is 0 Å². The van der Waals surface area contributed by atoms with Crippen LogP contribution in [-0.2, 0) is 4.74 Å². The molecule has 6 heteroatoms. The molecule has 0 aromatic heterocycles. The summed E-state index contributed by atoms with van der Waals surface area (Å²) in [5.41, 5.74) is 4.82. The second-order valence-electron chi connectivity index (χ2n) is 8.33. The zero-order valence-corrected chi connectivity index (χ0v) is 19.7. The summed E-state index contributed by atoms with van der Waals surface area (Å²) >= 11 is 5.52. The molecule has 1 aliphatic rings. The van der Waals surface area contributed by atoms with Crippen LogP contribution in [0.2, 0.25) is 0 Å². The molecular formula is C25H33N3O2S. The van der Waals surface area contributed by atoms with Crippen LogP contribution >= 0.6 is 12.2 Å². The minimum absolute atomic E-state index is 0.0783. The van der Waals surface area contributed by atoms with Crippen LogP contribution in [0, 0.1) is 12.8 Å². The van der Waals surface area contributed by atoms with Gasteiger partial charge in [0.2, 0.25) is 0 Å². The number of thiocarbonyl (C=S) groups is 1. The van der Waals surface area contributed by atoms with E-state index in [1.807, 2.05) is 19.1 Å². The Balaban J connectivity index is 1.56. The first-order valence-corrected chi connectivity index (χ1v) is 11.5. The summed E-state index contributed by atoms with van der Waals surface area (Å²) in [6.45, 7) is 10.8. The predicted octanol–water partition coefficient (Wildman–Crippen LogP) is 5.46. The standard InChI is InChI=1S/C25H33N3O2S/c1-5-30-24(29)21-8-11-23(18(3)16-21)27-25(31)26-19(4)20-6-9-22(10-7-20)28-14-12-17(2)13-15-28/h6-11,16-17,19H,5,12-15H2,1-4H3,(H2,26,27,31)/t19-/m1/s1. The molecule has 31 heavy (non-hydrogen) atoms. The summed E-state index contributed by atoms with van der Waals surface area (Å²) in [5.74, 6) is 0.521. The van der Waals surface area contributed by atoms with Crippen LogP contribution < -0.4 is 15.5 Å². The molecule has 0 bridgehead atoms. The molecule has 2 N–H and O–H groups in total. The number of aryl methyl sites for hydroxylation is 1. The maximum absolute atomic E-state index is 11.9. The molecule has 2 aromatic rings. The van der Waals surface area contributed by atoms with E-state index < -0.39 is 0 Å². The monoisotopic (exact) mass is 439 g/mol. The van der Waals surface area contributed by atoms with Gasteiger partial charge >= 0.3 is 5.97 Å². The molecule has 3 rings (SSSR count). The van der Waals surface area contributed by atoms with Crippen molar-refractivity contribution in [2.45, 2.75) is 46.6 Å². The molecule has 0 spiro atoms. The summed E-state index contributed by atoms with van der Waals surface area (Å²) in [6, 6.07) is 14.3. The molecule has 2 aromatic carbocycles. The van der Waals surface area contributed by atoms with E-state index in [9.17, 15) is 4.79 Å². The third kappa shape index (κ3) is 6.20. The first kappa shape index (κ1) is 23.1. The highest BCUT2D eigenvalue weighted by Crippen LogP contribution is 2.25. The van der Waals surface area contributed by atoms with Gasteiger partial charge in [-0.15, -0.1) is 0 Å². The van der Waals surface area contributed by atoms with Gasteiger partial charge in [0.15, 0.2) is 5.11 Å². The molecule has 0 unspecified atom stereocenters. The molecule has 166 valence electrons. The number of rotatable bonds is 6. The third-order valence-electron chi connectivity index (χ3n) is 5.88. The Hall–Kier alpha value is -2.60. The average Bonchev–Trinajstić information content (AvgIpc) is 2.76. The van der Waals surface area contributed by atoms with Gasteiger partial charge in [-0.1, -0.05) is 19.1 Å². The van der Waals surface area contributed by atoms with E-state index in [0.717, 1.165) is 30.3 Å². The molecule has 0 saturated carbocycles. The number of esters is 1. The minimum Gasteiger partial charge on any atom is -0.462 e. The number of hydrogen-bond donors (Lipinski definition) is 2. The molecule has 1 saturated heterocycles. The molecule has 0 radical (unpaired) electrons. The zero-order valence-electron chi connectivity index (χ0n) is 18.9. The molecule has 1 aliphatic heterocycles. The highest BCUT2D eigenvalue weighted by molar-refractivity contribution is 7.80. The van der Waals surface area contributed by atoms with E-state index >= 15 is 0 Å². The predicted molar refractivity (Wildman–Crippen MR) is 132 cm³/mol. The van der Waals surface area contributed by atoms with Gasteiger partial charge in [-0.2, -0.15) is 0 Å². The second kappa shape index (κ2) is 10.6. The van der Waals surface area contributed by atoms with Crippen LogP contribution in [0.1, 0.15) is 61.1 Å². The Morgan fingerprint density at radius 3 is 2.48 bits per heavy atom.